The molecule has 6 nitrogen and oxygen atoms in total. The van der Waals surface area contributed by atoms with Gasteiger partial charge in [0.05, 0.1) is 11.7 Å². The second kappa shape index (κ2) is 11.2. The molecule has 0 spiro atoms. The Kier molecular flexibility index (Phi) is 7.60. The lowest BCUT2D eigenvalue weighted by Crippen LogP contribution is -2.16. The smallest absolute Gasteiger partial charge is 0.259 e. The van der Waals surface area contributed by atoms with Gasteiger partial charge >= 0.3 is 0 Å². The highest BCUT2D eigenvalue weighted by Gasteiger charge is 2.16. The fourth-order valence-corrected chi connectivity index (χ4v) is 3.41. The summed E-state index contributed by atoms with van der Waals surface area (Å²) < 4.78 is 22.8. The minimum atomic E-state index is -0.238. The lowest BCUT2D eigenvalue weighted by atomic mass is 10.2. The van der Waals surface area contributed by atoms with Gasteiger partial charge < -0.3 is 24.3 Å². The van der Waals surface area contributed by atoms with Gasteiger partial charge in [-0.05, 0) is 61.4 Å². The van der Waals surface area contributed by atoms with Crippen molar-refractivity contribution >= 4 is 11.6 Å². The summed E-state index contributed by atoms with van der Waals surface area (Å²) in [6.45, 7) is 2.07. The molecule has 4 rings (SSSR count). The average molecular weight is 434 g/mol. The standard InChI is InChI=1S/C26H27NO5/c28-26(27-20-12-14-22(15-13-20)32-19-23-9-6-16-29-23)24-10-4-5-11-25(24)31-18-17-30-21-7-2-1-3-8-21/h1-5,7-8,10-15,23H,6,9,16-19H2,(H,27,28)/t23-/m0/s1. The molecule has 1 amide bonds. The number of nitrogens with one attached hydrogen (secondary N) is 1. The van der Waals surface area contributed by atoms with Crippen LogP contribution in [0.15, 0.2) is 78.9 Å². The van der Waals surface area contributed by atoms with Gasteiger partial charge in [0, 0.05) is 12.3 Å². The lowest BCUT2D eigenvalue weighted by molar-refractivity contribution is 0.0679. The topological polar surface area (TPSA) is 66.0 Å². The molecular weight excluding hydrogens is 406 g/mol. The zero-order valence-electron chi connectivity index (χ0n) is 17.9. The Hall–Kier alpha value is -3.51. The van der Waals surface area contributed by atoms with E-state index >= 15 is 0 Å². The van der Waals surface area contributed by atoms with E-state index in [1.54, 1.807) is 12.1 Å². The van der Waals surface area contributed by atoms with Crippen molar-refractivity contribution in [1.29, 1.82) is 0 Å². The Morgan fingerprint density at radius 2 is 1.56 bits per heavy atom. The number of benzene rings is 3. The van der Waals surface area contributed by atoms with Crippen molar-refractivity contribution < 1.29 is 23.7 Å². The highest BCUT2D eigenvalue weighted by molar-refractivity contribution is 6.06. The van der Waals surface area contributed by atoms with E-state index in [9.17, 15) is 4.79 Å². The van der Waals surface area contributed by atoms with Crippen LogP contribution in [0.5, 0.6) is 17.2 Å². The summed E-state index contributed by atoms with van der Waals surface area (Å²) in [7, 11) is 0. The van der Waals surface area contributed by atoms with Crippen molar-refractivity contribution in [2.45, 2.75) is 18.9 Å². The molecule has 1 aliphatic heterocycles. The first-order valence-electron chi connectivity index (χ1n) is 10.8. The number of hydrogen-bond donors (Lipinski definition) is 1. The number of amides is 1. The molecule has 1 heterocycles. The van der Waals surface area contributed by atoms with E-state index < -0.39 is 0 Å². The third-order valence-corrected chi connectivity index (χ3v) is 5.06. The Bertz CT molecular complexity index is 985. The quantitative estimate of drug-likeness (QED) is 0.458. The number of carbonyl (C=O) groups excluding carboxylic acids is 1. The van der Waals surface area contributed by atoms with Gasteiger partial charge in [-0.25, -0.2) is 0 Å². The molecule has 0 aromatic heterocycles. The lowest BCUT2D eigenvalue weighted by Gasteiger charge is -2.13. The minimum absolute atomic E-state index is 0.170. The van der Waals surface area contributed by atoms with Gasteiger partial charge in [-0.2, -0.15) is 0 Å². The molecule has 0 radical (unpaired) electrons. The van der Waals surface area contributed by atoms with Crippen LogP contribution in [0.4, 0.5) is 5.69 Å². The van der Waals surface area contributed by atoms with Crippen LogP contribution < -0.4 is 19.5 Å². The molecule has 6 heteroatoms. The minimum Gasteiger partial charge on any atom is -0.491 e. The number of carbonyl (C=O) groups is 1. The maximum absolute atomic E-state index is 12.8. The van der Waals surface area contributed by atoms with Crippen molar-refractivity contribution in [1.82, 2.24) is 0 Å². The predicted octanol–water partition coefficient (Wildman–Crippen LogP) is 4.95. The molecule has 1 saturated heterocycles. The summed E-state index contributed by atoms with van der Waals surface area (Å²) in [5.74, 6) is 1.81. The van der Waals surface area contributed by atoms with Crippen molar-refractivity contribution in [3.63, 3.8) is 0 Å². The maximum atomic E-state index is 12.8. The highest BCUT2D eigenvalue weighted by atomic mass is 16.5. The summed E-state index contributed by atoms with van der Waals surface area (Å²) in [5.41, 5.74) is 1.15. The normalized spacial score (nSPS) is 15.2. The summed E-state index contributed by atoms with van der Waals surface area (Å²) >= 11 is 0. The van der Waals surface area contributed by atoms with E-state index in [1.165, 1.54) is 0 Å². The van der Waals surface area contributed by atoms with Gasteiger partial charge in [0.25, 0.3) is 5.91 Å². The second-order valence-corrected chi connectivity index (χ2v) is 7.43. The zero-order valence-corrected chi connectivity index (χ0v) is 17.9. The van der Waals surface area contributed by atoms with Crippen molar-refractivity contribution in [3.05, 3.63) is 84.4 Å². The van der Waals surface area contributed by atoms with Crippen LogP contribution in [0.3, 0.4) is 0 Å². The molecule has 1 N–H and O–H groups in total. The van der Waals surface area contributed by atoms with E-state index in [2.05, 4.69) is 5.32 Å². The predicted molar refractivity (Wildman–Crippen MR) is 123 cm³/mol. The molecule has 0 bridgehead atoms. The number of anilines is 1. The first kappa shape index (κ1) is 21.7. The summed E-state index contributed by atoms with van der Waals surface area (Å²) in [6.07, 6.45) is 2.29. The number of ether oxygens (including phenoxy) is 4. The van der Waals surface area contributed by atoms with Crippen LogP contribution >= 0.6 is 0 Å². The van der Waals surface area contributed by atoms with Gasteiger partial charge in [0.15, 0.2) is 0 Å². The Morgan fingerprint density at radius 3 is 2.34 bits per heavy atom. The maximum Gasteiger partial charge on any atom is 0.259 e. The highest BCUT2D eigenvalue weighted by Crippen LogP contribution is 2.22. The molecule has 1 fully saturated rings. The number of para-hydroxylation sites is 2. The summed E-state index contributed by atoms with van der Waals surface area (Å²) in [6, 6.07) is 24.0. The Morgan fingerprint density at radius 1 is 0.844 bits per heavy atom. The van der Waals surface area contributed by atoms with Crippen molar-refractivity contribution in [2.24, 2.45) is 0 Å². The number of hydrogen-bond acceptors (Lipinski definition) is 5. The molecule has 0 unspecified atom stereocenters. The van der Waals surface area contributed by atoms with Gasteiger partial charge in [-0.1, -0.05) is 30.3 Å². The Balaban J connectivity index is 1.28. The van der Waals surface area contributed by atoms with Crippen LogP contribution in [0.25, 0.3) is 0 Å². The van der Waals surface area contributed by atoms with Gasteiger partial charge in [0.1, 0.15) is 37.1 Å². The van der Waals surface area contributed by atoms with Crippen LogP contribution in [0.1, 0.15) is 23.2 Å². The first-order valence-corrected chi connectivity index (χ1v) is 10.8. The van der Waals surface area contributed by atoms with E-state index in [4.69, 9.17) is 18.9 Å². The molecule has 1 aliphatic rings. The largest absolute Gasteiger partial charge is 0.491 e. The molecule has 32 heavy (non-hydrogen) atoms. The van der Waals surface area contributed by atoms with Crippen LogP contribution in [-0.4, -0.2) is 38.4 Å². The van der Waals surface area contributed by atoms with Gasteiger partial charge in [-0.15, -0.1) is 0 Å². The van der Waals surface area contributed by atoms with E-state index in [0.717, 1.165) is 30.9 Å². The third kappa shape index (κ3) is 6.25. The molecular formula is C26H27NO5. The molecule has 1 atom stereocenters. The molecule has 166 valence electrons. The van der Waals surface area contributed by atoms with Crippen LogP contribution in [-0.2, 0) is 4.74 Å². The summed E-state index contributed by atoms with van der Waals surface area (Å²) in [5, 5.41) is 2.91. The summed E-state index contributed by atoms with van der Waals surface area (Å²) in [4.78, 5) is 12.8. The van der Waals surface area contributed by atoms with Crippen LogP contribution in [0, 0.1) is 0 Å². The van der Waals surface area contributed by atoms with E-state index in [0.29, 0.717) is 36.8 Å². The molecule has 3 aromatic carbocycles. The van der Waals surface area contributed by atoms with Crippen LogP contribution in [0.2, 0.25) is 0 Å². The van der Waals surface area contributed by atoms with Gasteiger partial charge in [-0.3, -0.25) is 4.79 Å². The Labute approximate surface area is 188 Å². The number of rotatable bonds is 10. The monoisotopic (exact) mass is 433 g/mol. The second-order valence-electron chi connectivity index (χ2n) is 7.43. The zero-order chi connectivity index (χ0) is 22.0. The van der Waals surface area contributed by atoms with Crippen molar-refractivity contribution in [2.75, 3.05) is 31.7 Å². The first-order chi connectivity index (χ1) is 15.8. The molecule has 0 aliphatic carbocycles. The van der Waals surface area contributed by atoms with Crippen molar-refractivity contribution in [3.8, 4) is 17.2 Å². The molecule has 0 saturated carbocycles. The van der Waals surface area contributed by atoms with E-state index in [1.807, 2.05) is 66.7 Å². The van der Waals surface area contributed by atoms with Gasteiger partial charge in [0.2, 0.25) is 0 Å². The SMILES string of the molecule is O=C(Nc1ccc(OC[C@@H]2CCCO2)cc1)c1ccccc1OCCOc1ccccc1. The van der Waals surface area contributed by atoms with E-state index in [-0.39, 0.29) is 12.0 Å². The average Bonchev–Trinajstić information content (AvgIpc) is 3.36. The fraction of sp³-hybridized carbons (Fsp3) is 0.269. The fourth-order valence-electron chi connectivity index (χ4n) is 3.41. The molecule has 3 aromatic rings. The third-order valence-electron chi connectivity index (χ3n) is 5.06.